The van der Waals surface area contributed by atoms with E-state index in [2.05, 4.69) is 28.3 Å². The molecule has 0 N–H and O–H groups in total. The number of carbonyl (C=O) groups excluding carboxylic acids is 1. The number of anilines is 1. The molecule has 9 heteroatoms. The number of carbonyl (C=O) groups is 1. The summed E-state index contributed by atoms with van der Waals surface area (Å²) in [4.78, 5) is 14.6. The highest BCUT2D eigenvalue weighted by atomic mass is 35.5. The van der Waals surface area contributed by atoms with Gasteiger partial charge in [-0.15, -0.1) is 0 Å². The van der Waals surface area contributed by atoms with Crippen LogP contribution in [0.4, 0.5) is 5.69 Å². The zero-order valence-corrected chi connectivity index (χ0v) is 24.1. The molecule has 2 aliphatic carbocycles. The van der Waals surface area contributed by atoms with E-state index in [0.717, 1.165) is 67.4 Å². The third kappa shape index (κ3) is 4.39. The van der Waals surface area contributed by atoms with E-state index < -0.39 is 0 Å². The standard InChI is InChI=1S/C31H31Cl2N3O4/c1-35-25-9-8-20(12-19(25)13-26(35)30(37)38-2)36-11-10-31(17-36)14-21(15-31)39-16-22-28(34-40-29(22)18-6-7-18)27-23(32)4-3-5-24(27)33/h3-5,8-9,12-13,18,21H,6-7,10-11,14-17H2,1-2H3. The summed E-state index contributed by atoms with van der Waals surface area (Å²) in [5.41, 5.74) is 5.44. The largest absolute Gasteiger partial charge is 0.464 e. The fourth-order valence-corrected chi connectivity index (χ4v) is 7.17. The van der Waals surface area contributed by atoms with E-state index in [1.807, 2.05) is 35.9 Å². The highest BCUT2D eigenvalue weighted by molar-refractivity contribution is 6.39. The minimum absolute atomic E-state index is 0.204. The van der Waals surface area contributed by atoms with Crippen molar-refractivity contribution in [2.75, 3.05) is 25.1 Å². The smallest absolute Gasteiger partial charge is 0.354 e. The Labute approximate surface area is 242 Å². The van der Waals surface area contributed by atoms with Crippen LogP contribution in [0.25, 0.3) is 22.2 Å². The van der Waals surface area contributed by atoms with E-state index in [9.17, 15) is 4.79 Å². The van der Waals surface area contributed by atoms with Crippen molar-refractivity contribution in [2.24, 2.45) is 12.5 Å². The molecule has 7 rings (SSSR count). The van der Waals surface area contributed by atoms with E-state index in [-0.39, 0.29) is 17.5 Å². The van der Waals surface area contributed by atoms with Crippen molar-refractivity contribution in [2.45, 2.75) is 50.7 Å². The Morgan fingerprint density at radius 1 is 1.15 bits per heavy atom. The second-order valence-corrected chi connectivity index (χ2v) is 12.4. The number of nitrogens with zero attached hydrogens (tertiary/aromatic N) is 3. The van der Waals surface area contributed by atoms with Crippen molar-refractivity contribution in [1.29, 1.82) is 0 Å². The van der Waals surface area contributed by atoms with Crippen molar-refractivity contribution in [1.82, 2.24) is 9.72 Å². The van der Waals surface area contributed by atoms with Gasteiger partial charge >= 0.3 is 5.97 Å². The molecule has 4 aromatic rings. The number of fused-ring (bicyclic) bond motifs is 1. The second-order valence-electron chi connectivity index (χ2n) is 11.6. The van der Waals surface area contributed by atoms with Gasteiger partial charge in [-0.1, -0.05) is 34.4 Å². The number of benzene rings is 2. The second kappa shape index (κ2) is 9.82. The number of halogens is 2. The molecule has 0 atom stereocenters. The van der Waals surface area contributed by atoms with Gasteiger partial charge in [-0.05, 0) is 73.9 Å². The van der Waals surface area contributed by atoms with Crippen LogP contribution in [0, 0.1) is 5.41 Å². The number of aryl methyl sites for hydroxylation is 1. The molecule has 0 unspecified atom stereocenters. The molecular formula is C31H31Cl2N3O4. The first-order chi connectivity index (χ1) is 19.4. The SMILES string of the molecule is COC(=O)c1cc2cc(N3CCC4(CC(OCc5c(-c6c(Cl)cccc6Cl)noc5C5CC5)C4)C3)ccc2n1C. The lowest BCUT2D eigenvalue weighted by Crippen LogP contribution is -2.44. The van der Waals surface area contributed by atoms with Crippen molar-refractivity contribution in [3.05, 3.63) is 69.5 Å². The van der Waals surface area contributed by atoms with Gasteiger partial charge in [-0.25, -0.2) is 4.79 Å². The van der Waals surface area contributed by atoms with Gasteiger partial charge in [0, 0.05) is 53.8 Å². The lowest BCUT2D eigenvalue weighted by Gasteiger charge is -2.45. The number of hydrogen-bond donors (Lipinski definition) is 0. The Balaban J connectivity index is 1.02. The Hall–Kier alpha value is -3.00. The molecule has 3 fully saturated rings. The Morgan fingerprint density at radius 3 is 2.65 bits per heavy atom. The predicted octanol–water partition coefficient (Wildman–Crippen LogP) is 7.38. The monoisotopic (exact) mass is 579 g/mol. The molecule has 208 valence electrons. The Bertz CT molecular complexity index is 1600. The normalized spacial score (nSPS) is 22.3. The van der Waals surface area contributed by atoms with Crippen molar-refractivity contribution in [3.8, 4) is 11.3 Å². The Kier molecular flexibility index (Phi) is 6.37. The quantitative estimate of drug-likeness (QED) is 0.213. The van der Waals surface area contributed by atoms with Gasteiger partial charge in [-0.3, -0.25) is 0 Å². The average molecular weight is 581 g/mol. The number of hydrogen-bond acceptors (Lipinski definition) is 6. The average Bonchev–Trinajstić information content (AvgIpc) is 3.39. The van der Waals surface area contributed by atoms with E-state index in [0.29, 0.717) is 39.5 Å². The molecule has 2 aromatic carbocycles. The van der Waals surface area contributed by atoms with Crippen LogP contribution < -0.4 is 4.90 Å². The number of ether oxygens (including phenoxy) is 2. The van der Waals surface area contributed by atoms with Gasteiger partial charge in [0.25, 0.3) is 0 Å². The summed E-state index contributed by atoms with van der Waals surface area (Å²) in [5, 5.41) is 6.56. The van der Waals surface area contributed by atoms with Crippen LogP contribution in [0.2, 0.25) is 10.0 Å². The first kappa shape index (κ1) is 25.9. The molecule has 0 bridgehead atoms. The number of aromatic nitrogens is 2. The van der Waals surface area contributed by atoms with Crippen LogP contribution >= 0.6 is 23.2 Å². The van der Waals surface area contributed by atoms with E-state index in [4.69, 9.17) is 37.2 Å². The number of esters is 1. The summed E-state index contributed by atoms with van der Waals surface area (Å²) in [5.74, 6) is 1.00. The topological polar surface area (TPSA) is 69.7 Å². The fourth-order valence-electron chi connectivity index (χ4n) is 6.60. The van der Waals surface area contributed by atoms with Gasteiger partial charge in [0.1, 0.15) is 17.1 Å². The van der Waals surface area contributed by atoms with Gasteiger partial charge in [0.05, 0.1) is 29.9 Å². The lowest BCUT2D eigenvalue weighted by molar-refractivity contribution is -0.0796. The molecule has 3 aliphatic rings. The van der Waals surface area contributed by atoms with Gasteiger partial charge < -0.3 is 23.5 Å². The highest BCUT2D eigenvalue weighted by Gasteiger charge is 2.49. The highest BCUT2D eigenvalue weighted by Crippen LogP contribution is 2.51. The Morgan fingerprint density at radius 2 is 1.93 bits per heavy atom. The van der Waals surface area contributed by atoms with Crippen LogP contribution in [0.1, 0.15) is 59.8 Å². The summed E-state index contributed by atoms with van der Waals surface area (Å²) in [6.45, 7) is 2.47. The van der Waals surface area contributed by atoms with Crippen LogP contribution in [0.5, 0.6) is 0 Å². The molecule has 2 aromatic heterocycles. The van der Waals surface area contributed by atoms with Crippen molar-refractivity contribution >= 4 is 45.8 Å². The van der Waals surface area contributed by atoms with Crippen molar-refractivity contribution in [3.63, 3.8) is 0 Å². The minimum Gasteiger partial charge on any atom is -0.464 e. The number of methoxy groups -OCH3 is 1. The number of rotatable bonds is 7. The van der Waals surface area contributed by atoms with E-state index >= 15 is 0 Å². The molecule has 7 nitrogen and oxygen atoms in total. The summed E-state index contributed by atoms with van der Waals surface area (Å²) < 4.78 is 19.1. The molecule has 0 radical (unpaired) electrons. The third-order valence-corrected chi connectivity index (χ3v) is 9.60. The lowest BCUT2D eigenvalue weighted by atomic mass is 9.66. The molecule has 1 spiro atoms. The molecule has 0 amide bonds. The summed E-state index contributed by atoms with van der Waals surface area (Å²) in [6.07, 6.45) is 5.65. The summed E-state index contributed by atoms with van der Waals surface area (Å²) in [6, 6.07) is 13.8. The van der Waals surface area contributed by atoms with Gasteiger partial charge in [0.15, 0.2) is 0 Å². The first-order valence-electron chi connectivity index (χ1n) is 13.8. The molecule has 40 heavy (non-hydrogen) atoms. The predicted molar refractivity (Wildman–Crippen MR) is 155 cm³/mol. The minimum atomic E-state index is -0.321. The molecule has 1 aliphatic heterocycles. The van der Waals surface area contributed by atoms with Crippen LogP contribution in [0.15, 0.2) is 47.0 Å². The zero-order valence-electron chi connectivity index (χ0n) is 22.6. The molecule has 1 saturated heterocycles. The van der Waals surface area contributed by atoms with E-state index in [1.165, 1.54) is 12.8 Å². The maximum absolute atomic E-state index is 12.1. The maximum Gasteiger partial charge on any atom is 0.354 e. The van der Waals surface area contributed by atoms with Crippen LogP contribution in [-0.2, 0) is 23.1 Å². The molecule has 3 heterocycles. The maximum atomic E-state index is 12.1. The van der Waals surface area contributed by atoms with Crippen LogP contribution in [-0.4, -0.2) is 42.0 Å². The summed E-state index contributed by atoms with van der Waals surface area (Å²) in [7, 11) is 3.31. The molecule has 2 saturated carbocycles. The third-order valence-electron chi connectivity index (χ3n) is 8.98. The fraction of sp³-hybridized carbons (Fsp3) is 0.419. The van der Waals surface area contributed by atoms with E-state index in [1.54, 1.807) is 0 Å². The zero-order chi connectivity index (χ0) is 27.6. The summed E-state index contributed by atoms with van der Waals surface area (Å²) >= 11 is 13.0. The van der Waals surface area contributed by atoms with Crippen molar-refractivity contribution < 1.29 is 18.8 Å². The van der Waals surface area contributed by atoms with Gasteiger partial charge in [-0.2, -0.15) is 0 Å². The van der Waals surface area contributed by atoms with Crippen LogP contribution in [0.3, 0.4) is 0 Å². The molecular weight excluding hydrogens is 549 g/mol. The first-order valence-corrected chi connectivity index (χ1v) is 14.6. The van der Waals surface area contributed by atoms with Gasteiger partial charge in [0.2, 0.25) is 0 Å².